The van der Waals surface area contributed by atoms with Crippen molar-refractivity contribution in [2.75, 3.05) is 6.54 Å². The van der Waals surface area contributed by atoms with Crippen LogP contribution in [0.15, 0.2) is 47.9 Å². The molecule has 27 heavy (non-hydrogen) atoms. The molecule has 1 N–H and O–H groups in total. The smallest absolute Gasteiger partial charge is 0.260 e. The summed E-state index contributed by atoms with van der Waals surface area (Å²) in [6.45, 7) is 1.53. The third-order valence-corrected chi connectivity index (χ3v) is 6.50. The van der Waals surface area contributed by atoms with Crippen LogP contribution in [0.5, 0.6) is 0 Å². The Labute approximate surface area is 157 Å². The number of nitrogens with one attached hydrogen (secondary N) is 1. The first kappa shape index (κ1) is 17.9. The van der Waals surface area contributed by atoms with E-state index in [4.69, 9.17) is 4.74 Å². The molecular formula is C18H21N5O3S. The number of hydrogen-bond donors (Lipinski definition) is 1. The molecule has 1 aromatic carbocycles. The molecular weight excluding hydrogens is 366 g/mol. The lowest BCUT2D eigenvalue weighted by molar-refractivity contribution is 0.103. The van der Waals surface area contributed by atoms with Crippen LogP contribution in [0.4, 0.5) is 0 Å². The molecule has 1 aliphatic rings. The summed E-state index contributed by atoms with van der Waals surface area (Å²) in [5.74, 6) is 0. The van der Waals surface area contributed by atoms with Crippen molar-refractivity contribution < 1.29 is 13.2 Å². The number of rotatable bonds is 6. The topological polar surface area (TPSA) is 93.1 Å². The molecule has 0 radical (unpaired) electrons. The Kier molecular flexibility index (Phi) is 4.81. The van der Waals surface area contributed by atoms with Crippen molar-refractivity contribution in [2.24, 2.45) is 7.05 Å². The van der Waals surface area contributed by atoms with E-state index in [0.29, 0.717) is 26.2 Å². The number of H-pyrrole nitrogens is 1. The number of imidazole rings is 1. The number of aromatic amines is 1. The highest BCUT2D eigenvalue weighted by molar-refractivity contribution is 7.89. The molecule has 9 heteroatoms. The fourth-order valence-electron chi connectivity index (χ4n) is 3.33. The van der Waals surface area contributed by atoms with Crippen LogP contribution in [0.1, 0.15) is 22.5 Å². The van der Waals surface area contributed by atoms with Crippen molar-refractivity contribution >= 4 is 10.0 Å². The van der Waals surface area contributed by atoms with Crippen molar-refractivity contribution in [1.82, 2.24) is 24.1 Å². The van der Waals surface area contributed by atoms with Crippen LogP contribution in [0.3, 0.4) is 0 Å². The highest BCUT2D eigenvalue weighted by atomic mass is 32.2. The van der Waals surface area contributed by atoms with Gasteiger partial charge in [-0.3, -0.25) is 4.68 Å². The zero-order chi connectivity index (χ0) is 18.9. The monoisotopic (exact) mass is 387 g/mol. The first-order valence-electron chi connectivity index (χ1n) is 8.69. The van der Waals surface area contributed by atoms with E-state index in [1.807, 2.05) is 42.1 Å². The van der Waals surface area contributed by atoms with Crippen LogP contribution in [0.2, 0.25) is 0 Å². The number of nitrogens with zero attached hydrogens (tertiary/aromatic N) is 4. The second kappa shape index (κ2) is 7.26. The normalized spacial score (nSPS) is 15.0. The van der Waals surface area contributed by atoms with Gasteiger partial charge < -0.3 is 9.72 Å². The molecule has 0 saturated carbocycles. The minimum atomic E-state index is -3.59. The summed E-state index contributed by atoms with van der Waals surface area (Å²) in [7, 11) is -1.71. The first-order valence-corrected chi connectivity index (χ1v) is 10.1. The van der Waals surface area contributed by atoms with Gasteiger partial charge in [-0.2, -0.15) is 9.40 Å². The maximum Gasteiger partial charge on any atom is 0.260 e. The Morgan fingerprint density at radius 2 is 2.04 bits per heavy atom. The average molecular weight is 387 g/mol. The molecule has 0 bridgehead atoms. The molecule has 0 amide bonds. The summed E-state index contributed by atoms with van der Waals surface area (Å²) in [5.41, 5.74) is 3.86. The van der Waals surface area contributed by atoms with Gasteiger partial charge in [0, 0.05) is 37.8 Å². The Balaban J connectivity index is 1.51. The molecule has 2 aromatic heterocycles. The van der Waals surface area contributed by atoms with Crippen LogP contribution < -0.4 is 0 Å². The molecule has 4 rings (SSSR count). The molecule has 142 valence electrons. The number of hydrogen-bond acceptors (Lipinski definition) is 5. The van der Waals surface area contributed by atoms with Crippen LogP contribution >= 0.6 is 0 Å². The minimum Gasteiger partial charge on any atom is -0.370 e. The standard InChI is InChI=1S/C18H21N5O3S/c1-22-17-7-8-23(27(24,25)18-9-19-13-20-18)10-15(17)16(21-22)12-26-11-14-5-3-2-4-6-14/h2-6,9,13H,7-8,10-12H2,1H3,(H,19,20). The average Bonchev–Trinajstić information content (AvgIpc) is 3.32. The van der Waals surface area contributed by atoms with E-state index in [0.717, 1.165) is 22.5 Å². The summed E-state index contributed by atoms with van der Waals surface area (Å²) in [6.07, 6.45) is 3.32. The molecule has 3 heterocycles. The minimum absolute atomic E-state index is 0.108. The van der Waals surface area contributed by atoms with E-state index in [-0.39, 0.29) is 11.6 Å². The molecule has 0 fully saturated rings. The van der Waals surface area contributed by atoms with Gasteiger partial charge in [-0.1, -0.05) is 30.3 Å². The first-order chi connectivity index (χ1) is 13.1. The van der Waals surface area contributed by atoms with Crippen LogP contribution in [0.25, 0.3) is 0 Å². The second-order valence-electron chi connectivity index (χ2n) is 6.48. The predicted octanol–water partition coefficient (Wildman–Crippen LogP) is 1.61. The fourth-order valence-corrected chi connectivity index (χ4v) is 4.63. The van der Waals surface area contributed by atoms with Crippen LogP contribution in [-0.4, -0.2) is 39.0 Å². The Morgan fingerprint density at radius 1 is 1.22 bits per heavy atom. The van der Waals surface area contributed by atoms with E-state index in [9.17, 15) is 8.42 Å². The Morgan fingerprint density at radius 3 is 2.78 bits per heavy atom. The van der Waals surface area contributed by atoms with Crippen molar-refractivity contribution in [1.29, 1.82) is 0 Å². The fraction of sp³-hybridized carbons (Fsp3) is 0.333. The van der Waals surface area contributed by atoms with E-state index in [1.54, 1.807) is 0 Å². The number of aromatic nitrogens is 4. The van der Waals surface area contributed by atoms with Crippen molar-refractivity contribution in [2.45, 2.75) is 31.2 Å². The van der Waals surface area contributed by atoms with Gasteiger partial charge in [-0.15, -0.1) is 0 Å². The summed E-state index contributed by atoms with van der Waals surface area (Å²) in [5, 5.41) is 4.66. The summed E-state index contributed by atoms with van der Waals surface area (Å²) < 4.78 is 34.7. The lowest BCUT2D eigenvalue weighted by Crippen LogP contribution is -2.36. The lowest BCUT2D eigenvalue weighted by Gasteiger charge is -2.26. The zero-order valence-electron chi connectivity index (χ0n) is 15.0. The molecule has 0 atom stereocenters. The van der Waals surface area contributed by atoms with E-state index in [1.165, 1.54) is 16.8 Å². The zero-order valence-corrected chi connectivity index (χ0v) is 15.8. The third-order valence-electron chi connectivity index (χ3n) is 4.73. The van der Waals surface area contributed by atoms with Gasteiger partial charge in [0.05, 0.1) is 31.4 Å². The van der Waals surface area contributed by atoms with Gasteiger partial charge in [0.2, 0.25) is 0 Å². The molecule has 8 nitrogen and oxygen atoms in total. The molecule has 3 aromatic rings. The van der Waals surface area contributed by atoms with Crippen molar-refractivity contribution in [3.05, 3.63) is 65.4 Å². The summed E-state index contributed by atoms with van der Waals surface area (Å²) in [4.78, 5) is 6.51. The molecule has 0 unspecified atom stereocenters. The van der Waals surface area contributed by atoms with E-state index < -0.39 is 10.0 Å². The summed E-state index contributed by atoms with van der Waals surface area (Å²) >= 11 is 0. The Bertz CT molecular complexity index is 1010. The SMILES string of the molecule is Cn1nc(COCc2ccccc2)c2c1CCN(S(=O)(=O)c1cnc[nH]1)C2. The van der Waals surface area contributed by atoms with Crippen molar-refractivity contribution in [3.8, 4) is 0 Å². The van der Waals surface area contributed by atoms with Gasteiger partial charge in [-0.25, -0.2) is 13.4 Å². The number of ether oxygens (including phenoxy) is 1. The van der Waals surface area contributed by atoms with Gasteiger partial charge in [0.25, 0.3) is 10.0 Å². The quantitative estimate of drug-likeness (QED) is 0.694. The lowest BCUT2D eigenvalue weighted by atomic mass is 10.1. The number of benzene rings is 1. The number of sulfonamides is 1. The second-order valence-corrected chi connectivity index (χ2v) is 8.38. The maximum atomic E-state index is 12.8. The Hall–Kier alpha value is -2.49. The van der Waals surface area contributed by atoms with Gasteiger partial charge in [0.1, 0.15) is 0 Å². The molecule has 0 saturated heterocycles. The number of aryl methyl sites for hydroxylation is 1. The molecule has 1 aliphatic heterocycles. The van der Waals surface area contributed by atoms with Crippen molar-refractivity contribution in [3.63, 3.8) is 0 Å². The van der Waals surface area contributed by atoms with E-state index >= 15 is 0 Å². The van der Waals surface area contributed by atoms with E-state index in [2.05, 4.69) is 15.1 Å². The number of fused-ring (bicyclic) bond motifs is 1. The van der Waals surface area contributed by atoms with Gasteiger partial charge in [0.15, 0.2) is 5.03 Å². The third kappa shape index (κ3) is 3.53. The van der Waals surface area contributed by atoms with Crippen LogP contribution in [0, 0.1) is 0 Å². The predicted molar refractivity (Wildman–Crippen MR) is 98.0 cm³/mol. The molecule has 0 aliphatic carbocycles. The van der Waals surface area contributed by atoms with Crippen LogP contribution in [-0.2, 0) is 48.0 Å². The van der Waals surface area contributed by atoms with Gasteiger partial charge >= 0.3 is 0 Å². The highest BCUT2D eigenvalue weighted by Gasteiger charge is 2.32. The highest BCUT2D eigenvalue weighted by Crippen LogP contribution is 2.26. The molecule has 0 spiro atoms. The summed E-state index contributed by atoms with van der Waals surface area (Å²) in [6, 6.07) is 9.92. The maximum absolute atomic E-state index is 12.8. The largest absolute Gasteiger partial charge is 0.370 e. The van der Waals surface area contributed by atoms with Gasteiger partial charge in [-0.05, 0) is 5.56 Å².